The Morgan fingerprint density at radius 2 is 0.643 bits per heavy atom. The van der Waals surface area contributed by atoms with Crippen LogP contribution in [0.4, 0.5) is 0 Å². The lowest BCUT2D eigenvalue weighted by Crippen LogP contribution is -3.00. The number of halogens is 2. The van der Waals surface area contributed by atoms with Crippen LogP contribution in [0.2, 0.25) is 0 Å². The summed E-state index contributed by atoms with van der Waals surface area (Å²) in [5.74, 6) is 0. The van der Waals surface area contributed by atoms with E-state index < -0.39 is 0 Å². The molecule has 0 radical (unpaired) electrons. The third-order valence-corrected chi connectivity index (χ3v) is 15.0. The minimum Gasteiger partial charge on any atom is -1.00 e. The number of aryl methyl sites for hydroxylation is 2. The molecule has 0 saturated carbocycles. The molecule has 0 atom stereocenters. The van der Waals surface area contributed by atoms with Crippen LogP contribution in [-0.2, 0) is 53.4 Å². The van der Waals surface area contributed by atoms with Crippen LogP contribution in [0.3, 0.4) is 0 Å². The van der Waals surface area contributed by atoms with Crippen molar-refractivity contribution < 1.29 is 33.9 Å². The molecule has 8 bridgehead atoms. The zero-order valence-electron chi connectivity index (χ0n) is 46.6. The van der Waals surface area contributed by atoms with E-state index in [9.17, 15) is 0 Å². The number of fused-ring (bicyclic) bond motifs is 8. The van der Waals surface area contributed by atoms with Crippen molar-refractivity contribution in [2.24, 2.45) is 14.1 Å². The second-order valence-electron chi connectivity index (χ2n) is 21.0. The van der Waals surface area contributed by atoms with Crippen molar-refractivity contribution in [3.05, 3.63) is 276 Å². The summed E-state index contributed by atoms with van der Waals surface area (Å²) in [5.41, 5.74) is 21.6. The van der Waals surface area contributed by atoms with Crippen LogP contribution in [0, 0.1) is 0 Å². The number of nitrogens with zero attached hydrogens (tertiary/aromatic N) is 10. The minimum absolute atomic E-state index is 0. The maximum absolute atomic E-state index is 5.63. The number of aromatic amines is 2. The predicted molar refractivity (Wildman–Crippen MR) is 326 cm³/mol. The Hall–Kier alpha value is -9.56. The van der Waals surface area contributed by atoms with E-state index in [-0.39, 0.29) is 24.8 Å². The highest BCUT2D eigenvalue weighted by Crippen LogP contribution is 2.39. The molecule has 0 unspecified atom stereocenters. The van der Waals surface area contributed by atoms with Crippen LogP contribution in [-0.4, -0.2) is 49.7 Å². The number of hydrogen-bond donors (Lipinski definition) is 2. The van der Waals surface area contributed by atoms with Gasteiger partial charge in [-0.3, -0.25) is 29.7 Å². The van der Waals surface area contributed by atoms with Crippen LogP contribution in [0.25, 0.3) is 90.9 Å². The maximum Gasteiger partial charge on any atom is 0.169 e. The molecule has 0 fully saturated rings. The van der Waals surface area contributed by atoms with Gasteiger partial charge in [-0.05, 0) is 143 Å². The van der Waals surface area contributed by atoms with E-state index in [2.05, 4.69) is 199 Å². The number of H-pyrrole nitrogens is 2. The zero-order valence-corrected chi connectivity index (χ0v) is 48.1. The van der Waals surface area contributed by atoms with Gasteiger partial charge in [0.2, 0.25) is 0 Å². The summed E-state index contributed by atoms with van der Waals surface area (Å²) in [6.45, 7) is 4.03. The van der Waals surface area contributed by atoms with Crippen molar-refractivity contribution in [3.8, 4) is 44.5 Å². The Bertz CT molecular complexity index is 3940. The van der Waals surface area contributed by atoms with Crippen molar-refractivity contribution in [3.63, 3.8) is 0 Å². The molecule has 0 spiro atoms. The fraction of sp³-hybridized carbons (Fsp3) is 0.114. The van der Waals surface area contributed by atoms with Crippen molar-refractivity contribution in [2.75, 3.05) is 0 Å². The summed E-state index contributed by atoms with van der Waals surface area (Å²) >= 11 is 0. The molecule has 11 aromatic rings. The third kappa shape index (κ3) is 12.7. The molecule has 0 saturated heterocycles. The Balaban J connectivity index is 0.00000368. The Morgan fingerprint density at radius 1 is 0.333 bits per heavy atom. The van der Waals surface area contributed by atoms with E-state index >= 15 is 0 Å². The van der Waals surface area contributed by atoms with E-state index in [1.54, 1.807) is 0 Å². The average molecular weight is 1140 g/mol. The largest absolute Gasteiger partial charge is 1.00 e. The lowest BCUT2D eigenvalue weighted by Gasteiger charge is -2.22. The van der Waals surface area contributed by atoms with E-state index in [1.807, 2.05) is 87.4 Å². The molecule has 84 heavy (non-hydrogen) atoms. The molecule has 2 N–H and O–H groups in total. The predicted octanol–water partition coefficient (Wildman–Crippen LogP) is 6.97. The van der Waals surface area contributed by atoms with Gasteiger partial charge in [-0.15, -0.1) is 0 Å². The lowest BCUT2D eigenvalue weighted by molar-refractivity contribution is -0.671. The minimum atomic E-state index is 0. The molecule has 14 heteroatoms. The van der Waals surface area contributed by atoms with Crippen LogP contribution in [0.1, 0.15) is 56.7 Å². The summed E-state index contributed by atoms with van der Waals surface area (Å²) in [5, 5.41) is 0. The fourth-order valence-electron chi connectivity index (χ4n) is 11.1. The molecule has 13 rings (SSSR count). The number of benzene rings is 2. The van der Waals surface area contributed by atoms with E-state index in [0.717, 1.165) is 123 Å². The molecule has 0 aliphatic carbocycles. The second-order valence-corrected chi connectivity index (χ2v) is 21.0. The first-order chi connectivity index (χ1) is 40.4. The number of aromatic nitrogens is 10. The first-order valence-electron chi connectivity index (χ1n) is 27.7. The Kier molecular flexibility index (Phi) is 17.2. The van der Waals surface area contributed by atoms with Gasteiger partial charge in [0.25, 0.3) is 0 Å². The smallest absolute Gasteiger partial charge is 0.169 e. The van der Waals surface area contributed by atoms with Crippen LogP contribution in [0.15, 0.2) is 219 Å². The fourth-order valence-corrected chi connectivity index (χ4v) is 11.1. The molecule has 12 nitrogen and oxygen atoms in total. The summed E-state index contributed by atoms with van der Waals surface area (Å²) < 4.78 is 4.12. The van der Waals surface area contributed by atoms with Gasteiger partial charge in [-0.25, -0.2) is 19.1 Å². The van der Waals surface area contributed by atoms with Crippen molar-refractivity contribution in [2.45, 2.75) is 39.3 Å². The Morgan fingerprint density at radius 3 is 0.940 bits per heavy atom. The van der Waals surface area contributed by atoms with Crippen molar-refractivity contribution in [1.29, 1.82) is 0 Å². The number of hydrogen-bond acceptors (Lipinski definition) is 8. The molecule has 2 aromatic carbocycles. The van der Waals surface area contributed by atoms with Crippen molar-refractivity contribution in [1.82, 2.24) is 49.7 Å². The summed E-state index contributed by atoms with van der Waals surface area (Å²) in [4.78, 5) is 42.8. The monoisotopic (exact) mass is 1140 g/mol. The Labute approximate surface area is 501 Å². The van der Waals surface area contributed by atoms with Gasteiger partial charge >= 0.3 is 0 Å². The summed E-state index contributed by atoms with van der Waals surface area (Å²) in [6, 6.07) is 59.5. The number of rotatable bonds is 16. The molecule has 2 aliphatic rings. The van der Waals surface area contributed by atoms with Gasteiger partial charge in [-0.2, -0.15) is 0 Å². The molecule has 11 heterocycles. The highest BCUT2D eigenvalue weighted by molar-refractivity contribution is 5.99. The molecular formula is C70H60Cl2N12. The van der Waals surface area contributed by atoms with E-state index in [4.69, 9.17) is 29.9 Å². The van der Waals surface area contributed by atoms with E-state index in [0.29, 0.717) is 39.3 Å². The average Bonchev–Trinajstić information content (AvgIpc) is 3.83. The van der Waals surface area contributed by atoms with Crippen LogP contribution < -0.4 is 33.9 Å². The molecular weight excluding hydrogens is 1080 g/mol. The number of nitrogens with one attached hydrogen (secondary N) is 2. The molecule has 9 aromatic heterocycles. The van der Waals surface area contributed by atoms with Gasteiger partial charge in [0.05, 0.1) is 45.6 Å². The summed E-state index contributed by atoms with van der Waals surface area (Å²) in [7, 11) is 4.09. The molecule has 0 amide bonds. The second kappa shape index (κ2) is 25.7. The quantitative estimate of drug-likeness (QED) is 0.0997. The topological polar surface area (TPSA) is 123 Å². The molecule has 2 aliphatic heterocycles. The van der Waals surface area contributed by atoms with Gasteiger partial charge in [0.1, 0.15) is 14.1 Å². The van der Waals surface area contributed by atoms with E-state index in [1.165, 1.54) is 0 Å². The highest BCUT2D eigenvalue weighted by atomic mass is 35.5. The molecule has 414 valence electrons. The van der Waals surface area contributed by atoms with Crippen molar-refractivity contribution >= 4 is 46.4 Å². The van der Waals surface area contributed by atoms with Crippen LogP contribution >= 0.6 is 0 Å². The van der Waals surface area contributed by atoms with Gasteiger partial charge in [0.15, 0.2) is 24.8 Å². The first-order valence-corrected chi connectivity index (χ1v) is 27.7. The number of pyridine rings is 6. The third-order valence-electron chi connectivity index (χ3n) is 15.0. The lowest BCUT2D eigenvalue weighted by atomic mass is 10.0. The van der Waals surface area contributed by atoms with Crippen LogP contribution in [0.5, 0.6) is 0 Å². The van der Waals surface area contributed by atoms with Gasteiger partial charge in [-0.1, -0.05) is 60.7 Å². The van der Waals surface area contributed by atoms with Gasteiger partial charge in [0, 0.05) is 133 Å². The normalized spacial score (nSPS) is 11.7. The van der Waals surface area contributed by atoms with Gasteiger partial charge < -0.3 is 34.8 Å². The zero-order chi connectivity index (χ0) is 55.2. The maximum atomic E-state index is 5.63. The summed E-state index contributed by atoms with van der Waals surface area (Å²) in [6.07, 6.45) is 24.5. The first kappa shape index (κ1) is 56.3. The highest BCUT2D eigenvalue weighted by Gasteiger charge is 2.21. The SMILES string of the molecule is C[n+]1ccc(-c2c3nc(c(-c4cccc(CN(Cc5ccccn5)Cc5ccccn5)c4)c4ccc([nH]4)c(-c4cc[n+](C)cc4)c4nc(c(-c5cccc(CN(Cc6ccccn6)Cc6ccccn6)c5)c5ccc2[nH]5)C=C4)C=C3)cc1.[Cl-].[Cl-]. The standard InChI is InChI=1S/C70H59N12.2ClH/c1-79-37-29-51(30-38-79)67-59-21-25-63(75-59)69(53-15-11-13-49(41-53)43-81(45-55-17-3-7-33-71-55)46-56-18-4-8-34-72-56)65-27-23-61(77-65)68(52-31-39-80(2)40-32-52)62-24-28-66(78-62)70(64-26-22-60(67)76-64)54-16-12-14-50(42-54)44-82(47-57-19-5-9-35-73-57)48-58-20-6-10-36-74-58;;/h3-42H,43-48H2,1-2H3,(H,75,76,77,78);2*1H/q+1;;/p-1.